The van der Waals surface area contributed by atoms with Crippen LogP contribution in [0.4, 0.5) is 0 Å². The van der Waals surface area contributed by atoms with Crippen LogP contribution in [-0.4, -0.2) is 70.4 Å². The van der Waals surface area contributed by atoms with Gasteiger partial charge in [0.25, 0.3) is 5.91 Å². The van der Waals surface area contributed by atoms with Gasteiger partial charge in [-0.25, -0.2) is 17.5 Å². The van der Waals surface area contributed by atoms with Crippen LogP contribution in [0.3, 0.4) is 0 Å². The lowest BCUT2D eigenvalue weighted by Gasteiger charge is -2.26. The standard InChI is InChI=1S/C20H32N2O6S/c1-14(2)11-22(12-15(3)4)19(23)13-28-20(24)16-8-9-17(27-7)18(10-16)29(25,26)21(5)6/h8-10,14-15H,11-13H2,1-7H3. The van der Waals surface area contributed by atoms with Crippen LogP contribution in [0.25, 0.3) is 0 Å². The molecular formula is C20H32N2O6S. The van der Waals surface area contributed by atoms with Crippen molar-refractivity contribution in [3.8, 4) is 5.75 Å². The second-order valence-corrected chi connectivity index (χ2v) is 9.94. The molecule has 1 amide bonds. The maximum Gasteiger partial charge on any atom is 0.338 e. The number of sulfonamides is 1. The predicted molar refractivity (Wildman–Crippen MR) is 110 cm³/mol. The van der Waals surface area contributed by atoms with Crippen molar-refractivity contribution in [1.29, 1.82) is 0 Å². The Morgan fingerprint density at radius 1 is 1.03 bits per heavy atom. The normalized spacial score (nSPS) is 11.8. The number of carbonyl (C=O) groups excluding carboxylic acids is 2. The number of nitrogens with zero attached hydrogens (tertiary/aromatic N) is 2. The molecule has 0 fully saturated rings. The number of methoxy groups -OCH3 is 1. The molecule has 29 heavy (non-hydrogen) atoms. The lowest BCUT2D eigenvalue weighted by Crippen LogP contribution is -2.39. The summed E-state index contributed by atoms with van der Waals surface area (Å²) < 4.78 is 36.2. The van der Waals surface area contributed by atoms with E-state index in [4.69, 9.17) is 9.47 Å². The highest BCUT2D eigenvalue weighted by Crippen LogP contribution is 2.27. The van der Waals surface area contributed by atoms with Crippen LogP contribution in [-0.2, 0) is 19.6 Å². The van der Waals surface area contributed by atoms with Crippen LogP contribution in [0.2, 0.25) is 0 Å². The van der Waals surface area contributed by atoms with E-state index in [-0.39, 0.29) is 34.0 Å². The number of benzene rings is 1. The molecule has 0 atom stereocenters. The number of carbonyl (C=O) groups is 2. The highest BCUT2D eigenvalue weighted by molar-refractivity contribution is 7.89. The Kier molecular flexibility index (Phi) is 9.10. The Bertz CT molecular complexity index is 808. The lowest BCUT2D eigenvalue weighted by molar-refractivity contribution is -0.135. The van der Waals surface area contributed by atoms with Crippen LogP contribution in [0.5, 0.6) is 5.75 Å². The monoisotopic (exact) mass is 428 g/mol. The summed E-state index contributed by atoms with van der Waals surface area (Å²) in [6.45, 7) is 8.78. The number of hydrogen-bond donors (Lipinski definition) is 0. The molecule has 0 spiro atoms. The van der Waals surface area contributed by atoms with E-state index in [1.807, 2.05) is 27.7 Å². The minimum atomic E-state index is -3.82. The molecule has 0 aliphatic heterocycles. The second kappa shape index (κ2) is 10.6. The van der Waals surface area contributed by atoms with E-state index in [0.717, 1.165) is 4.31 Å². The summed E-state index contributed by atoms with van der Waals surface area (Å²) in [5.41, 5.74) is 0.0262. The van der Waals surface area contributed by atoms with Gasteiger partial charge in [-0.15, -0.1) is 0 Å². The van der Waals surface area contributed by atoms with Crippen LogP contribution >= 0.6 is 0 Å². The SMILES string of the molecule is COc1ccc(C(=O)OCC(=O)N(CC(C)C)CC(C)C)cc1S(=O)(=O)N(C)C. The van der Waals surface area contributed by atoms with Gasteiger partial charge < -0.3 is 14.4 Å². The molecule has 0 bridgehead atoms. The predicted octanol–water partition coefficient (Wildman–Crippen LogP) is 2.24. The summed E-state index contributed by atoms with van der Waals surface area (Å²) in [5, 5.41) is 0. The van der Waals surface area contributed by atoms with E-state index in [0.29, 0.717) is 13.1 Å². The average molecular weight is 429 g/mol. The van der Waals surface area contributed by atoms with E-state index >= 15 is 0 Å². The molecule has 0 saturated carbocycles. The van der Waals surface area contributed by atoms with Gasteiger partial charge in [0.05, 0.1) is 12.7 Å². The third-order valence-electron chi connectivity index (χ3n) is 4.01. The summed E-state index contributed by atoms with van der Waals surface area (Å²) in [6.07, 6.45) is 0. The Balaban J connectivity index is 2.98. The zero-order chi connectivity index (χ0) is 22.4. The molecule has 0 aromatic heterocycles. The summed E-state index contributed by atoms with van der Waals surface area (Å²) in [6, 6.07) is 3.99. The summed E-state index contributed by atoms with van der Waals surface area (Å²) in [5.74, 6) is -0.366. The van der Waals surface area contributed by atoms with Gasteiger partial charge >= 0.3 is 5.97 Å². The third kappa shape index (κ3) is 7.01. The molecule has 0 unspecified atom stereocenters. The number of hydrogen-bond acceptors (Lipinski definition) is 6. The zero-order valence-electron chi connectivity index (χ0n) is 18.3. The quantitative estimate of drug-likeness (QED) is 0.531. The maximum absolute atomic E-state index is 12.5. The summed E-state index contributed by atoms with van der Waals surface area (Å²) >= 11 is 0. The molecule has 0 heterocycles. The first-order valence-electron chi connectivity index (χ1n) is 9.45. The lowest BCUT2D eigenvalue weighted by atomic mass is 10.1. The van der Waals surface area contributed by atoms with E-state index in [9.17, 15) is 18.0 Å². The Morgan fingerprint density at radius 2 is 1.59 bits per heavy atom. The first kappa shape index (κ1) is 24.9. The van der Waals surface area contributed by atoms with Gasteiger partial charge in [-0.1, -0.05) is 27.7 Å². The molecule has 1 aromatic rings. The van der Waals surface area contributed by atoms with Crippen molar-refractivity contribution in [2.24, 2.45) is 11.8 Å². The van der Waals surface area contributed by atoms with Crippen molar-refractivity contribution in [3.63, 3.8) is 0 Å². The molecule has 1 rings (SSSR count). The zero-order valence-corrected chi connectivity index (χ0v) is 19.1. The Labute approximate surface area is 173 Å². The van der Waals surface area contributed by atoms with Crippen molar-refractivity contribution < 1.29 is 27.5 Å². The van der Waals surface area contributed by atoms with E-state index in [1.165, 1.54) is 39.4 Å². The number of rotatable bonds is 10. The maximum atomic E-state index is 12.5. The van der Waals surface area contributed by atoms with Gasteiger partial charge in [0.15, 0.2) is 6.61 Å². The molecule has 0 aliphatic carbocycles. The van der Waals surface area contributed by atoms with Gasteiger partial charge in [0.2, 0.25) is 10.0 Å². The summed E-state index contributed by atoms with van der Waals surface area (Å²) in [4.78, 5) is 26.4. The van der Waals surface area contributed by atoms with E-state index in [1.54, 1.807) is 4.90 Å². The van der Waals surface area contributed by atoms with Crippen LogP contribution in [0.1, 0.15) is 38.1 Å². The Morgan fingerprint density at radius 3 is 2.03 bits per heavy atom. The molecule has 0 aliphatic rings. The van der Waals surface area contributed by atoms with Gasteiger partial charge in [0, 0.05) is 27.2 Å². The molecule has 164 valence electrons. The topological polar surface area (TPSA) is 93.2 Å². The van der Waals surface area contributed by atoms with Crippen LogP contribution in [0, 0.1) is 11.8 Å². The minimum Gasteiger partial charge on any atom is -0.495 e. The van der Waals surface area contributed by atoms with Crippen molar-refractivity contribution >= 4 is 21.9 Å². The fourth-order valence-electron chi connectivity index (χ4n) is 2.66. The smallest absolute Gasteiger partial charge is 0.338 e. The third-order valence-corrected chi connectivity index (χ3v) is 5.84. The van der Waals surface area contributed by atoms with Gasteiger partial charge in [-0.2, -0.15) is 0 Å². The average Bonchev–Trinajstić information content (AvgIpc) is 2.63. The molecule has 9 heteroatoms. The highest BCUT2D eigenvalue weighted by Gasteiger charge is 2.25. The minimum absolute atomic E-state index is 0.0262. The van der Waals surface area contributed by atoms with E-state index in [2.05, 4.69) is 0 Å². The largest absolute Gasteiger partial charge is 0.495 e. The summed E-state index contributed by atoms with van der Waals surface area (Å²) in [7, 11) is 0.295. The molecule has 0 radical (unpaired) electrons. The molecule has 8 nitrogen and oxygen atoms in total. The molecular weight excluding hydrogens is 396 g/mol. The number of amides is 1. The van der Waals surface area contributed by atoms with Crippen molar-refractivity contribution in [1.82, 2.24) is 9.21 Å². The van der Waals surface area contributed by atoms with Crippen LogP contribution in [0.15, 0.2) is 23.1 Å². The van der Waals surface area contributed by atoms with Crippen molar-refractivity contribution in [2.75, 3.05) is 40.9 Å². The van der Waals surface area contributed by atoms with Gasteiger partial charge in [-0.3, -0.25) is 4.79 Å². The first-order valence-corrected chi connectivity index (χ1v) is 10.9. The fraction of sp³-hybridized carbons (Fsp3) is 0.600. The van der Waals surface area contributed by atoms with Crippen molar-refractivity contribution in [2.45, 2.75) is 32.6 Å². The van der Waals surface area contributed by atoms with E-state index < -0.39 is 22.6 Å². The number of esters is 1. The van der Waals surface area contributed by atoms with Crippen molar-refractivity contribution in [3.05, 3.63) is 23.8 Å². The molecule has 0 saturated heterocycles. The molecule has 0 N–H and O–H groups in total. The second-order valence-electron chi connectivity index (χ2n) is 7.82. The number of ether oxygens (including phenoxy) is 2. The fourth-order valence-corrected chi connectivity index (χ4v) is 3.74. The van der Waals surface area contributed by atoms with Gasteiger partial charge in [-0.05, 0) is 30.0 Å². The van der Waals surface area contributed by atoms with Crippen LogP contribution < -0.4 is 4.74 Å². The molecule has 1 aromatic carbocycles. The Hall–Kier alpha value is -2.13. The first-order chi connectivity index (χ1) is 13.4. The highest BCUT2D eigenvalue weighted by atomic mass is 32.2. The van der Waals surface area contributed by atoms with Gasteiger partial charge in [0.1, 0.15) is 10.6 Å².